The van der Waals surface area contributed by atoms with Gasteiger partial charge in [0.1, 0.15) is 0 Å². The van der Waals surface area contributed by atoms with E-state index in [0.717, 1.165) is 17.1 Å². The predicted molar refractivity (Wildman–Crippen MR) is 76.9 cm³/mol. The first-order chi connectivity index (χ1) is 8.63. The molecular weight excluding hydrogens is 270 g/mol. The molecule has 94 valence electrons. The van der Waals surface area contributed by atoms with Gasteiger partial charge in [-0.2, -0.15) is 0 Å². The summed E-state index contributed by atoms with van der Waals surface area (Å²) in [5.41, 5.74) is 7.11. The summed E-state index contributed by atoms with van der Waals surface area (Å²) in [6, 6.07) is 6.98. The van der Waals surface area contributed by atoms with Crippen LogP contribution in [0.15, 0.2) is 41.0 Å². The molecule has 1 aromatic rings. The number of nitrogens with one attached hydrogen (secondary N) is 1. The van der Waals surface area contributed by atoms with Crippen LogP contribution in [0.3, 0.4) is 0 Å². The lowest BCUT2D eigenvalue weighted by atomic mass is 10.3. The minimum Gasteiger partial charge on any atom is -0.378 e. The maximum atomic E-state index is 11.7. The molecule has 0 atom stereocenters. The molecule has 4 nitrogen and oxygen atoms in total. The molecule has 3 N–H and O–H groups in total. The largest absolute Gasteiger partial charge is 0.378 e. The number of hydrogen-bond donors (Lipinski definition) is 2. The van der Waals surface area contributed by atoms with Crippen LogP contribution in [-0.4, -0.2) is 16.8 Å². The van der Waals surface area contributed by atoms with Gasteiger partial charge < -0.3 is 11.1 Å². The van der Waals surface area contributed by atoms with Gasteiger partial charge in [0.2, 0.25) is 5.91 Å². The Bertz CT molecular complexity index is 511. The van der Waals surface area contributed by atoms with Gasteiger partial charge in [-0.15, -0.1) is 0 Å². The summed E-state index contributed by atoms with van der Waals surface area (Å²) in [7, 11) is 0. The fraction of sp³-hybridized carbons (Fsp3) is 0.167. The van der Waals surface area contributed by atoms with E-state index in [1.807, 2.05) is 0 Å². The van der Waals surface area contributed by atoms with Gasteiger partial charge in [0.15, 0.2) is 5.17 Å². The Hall–Kier alpha value is -1.46. The zero-order valence-corrected chi connectivity index (χ0v) is 11.1. The topological polar surface area (TPSA) is 67.5 Å². The SMILES string of the molecule is NC1=NC(=CCC(=O)Nc2ccc(Cl)cc2)CS1. The average Bonchev–Trinajstić information content (AvgIpc) is 2.76. The predicted octanol–water partition coefficient (Wildman–Crippen LogP) is 2.61. The second kappa shape index (κ2) is 5.93. The van der Waals surface area contributed by atoms with Crippen molar-refractivity contribution in [2.24, 2.45) is 10.7 Å². The van der Waals surface area contributed by atoms with Gasteiger partial charge in [-0.25, -0.2) is 4.99 Å². The number of rotatable bonds is 3. The molecule has 0 aliphatic carbocycles. The standard InChI is InChI=1S/C12H12ClN3OS/c13-8-1-3-9(4-2-8)15-11(17)6-5-10-7-18-12(14)16-10/h1-5H,6-7H2,(H2,14,16)(H,15,17). The van der Waals surface area contributed by atoms with Crippen molar-refractivity contribution < 1.29 is 4.79 Å². The Morgan fingerprint density at radius 3 is 2.83 bits per heavy atom. The van der Waals surface area contributed by atoms with Crippen LogP contribution >= 0.6 is 23.4 Å². The lowest BCUT2D eigenvalue weighted by molar-refractivity contribution is -0.115. The van der Waals surface area contributed by atoms with Crippen molar-refractivity contribution in [3.8, 4) is 0 Å². The molecule has 0 fully saturated rings. The Morgan fingerprint density at radius 1 is 1.50 bits per heavy atom. The van der Waals surface area contributed by atoms with E-state index in [9.17, 15) is 4.79 Å². The number of nitrogens with two attached hydrogens (primary N) is 1. The molecule has 0 bridgehead atoms. The molecule has 0 aromatic heterocycles. The van der Waals surface area contributed by atoms with Gasteiger partial charge in [-0.1, -0.05) is 29.4 Å². The molecule has 0 radical (unpaired) electrons. The van der Waals surface area contributed by atoms with Crippen LogP contribution in [0.5, 0.6) is 0 Å². The maximum absolute atomic E-state index is 11.7. The van der Waals surface area contributed by atoms with Crippen molar-refractivity contribution in [2.75, 3.05) is 11.1 Å². The van der Waals surface area contributed by atoms with E-state index in [1.165, 1.54) is 11.8 Å². The van der Waals surface area contributed by atoms with Crippen molar-refractivity contribution in [1.82, 2.24) is 0 Å². The Labute approximate surface area is 114 Å². The quantitative estimate of drug-likeness (QED) is 0.895. The van der Waals surface area contributed by atoms with Crippen LogP contribution in [0, 0.1) is 0 Å². The first-order valence-corrected chi connectivity index (χ1v) is 6.71. The van der Waals surface area contributed by atoms with E-state index in [-0.39, 0.29) is 12.3 Å². The van der Waals surface area contributed by atoms with Crippen LogP contribution in [0.4, 0.5) is 5.69 Å². The maximum Gasteiger partial charge on any atom is 0.228 e. The normalized spacial score (nSPS) is 16.7. The fourth-order valence-corrected chi connectivity index (χ4v) is 2.20. The number of benzene rings is 1. The van der Waals surface area contributed by atoms with E-state index >= 15 is 0 Å². The highest BCUT2D eigenvalue weighted by atomic mass is 35.5. The molecule has 2 rings (SSSR count). The van der Waals surface area contributed by atoms with E-state index in [0.29, 0.717) is 10.2 Å². The minimum atomic E-state index is -0.0875. The summed E-state index contributed by atoms with van der Waals surface area (Å²) >= 11 is 7.23. The molecule has 18 heavy (non-hydrogen) atoms. The number of nitrogens with zero attached hydrogens (tertiary/aromatic N) is 1. The van der Waals surface area contributed by atoms with E-state index in [1.54, 1.807) is 30.3 Å². The lowest BCUT2D eigenvalue weighted by Gasteiger charge is -2.03. The van der Waals surface area contributed by atoms with Gasteiger partial charge in [0, 0.05) is 22.9 Å². The van der Waals surface area contributed by atoms with Crippen molar-refractivity contribution in [3.05, 3.63) is 41.1 Å². The smallest absolute Gasteiger partial charge is 0.228 e. The second-order valence-corrected chi connectivity index (χ2v) is 5.13. The zero-order valence-electron chi connectivity index (χ0n) is 9.52. The molecule has 6 heteroatoms. The van der Waals surface area contributed by atoms with Crippen molar-refractivity contribution in [3.63, 3.8) is 0 Å². The highest BCUT2D eigenvalue weighted by molar-refractivity contribution is 8.14. The number of amidine groups is 1. The van der Waals surface area contributed by atoms with E-state index in [2.05, 4.69) is 10.3 Å². The zero-order chi connectivity index (χ0) is 13.0. The molecule has 1 aromatic carbocycles. The molecule has 0 saturated carbocycles. The third-order valence-corrected chi connectivity index (χ3v) is 3.35. The van der Waals surface area contributed by atoms with Crippen molar-refractivity contribution in [2.45, 2.75) is 6.42 Å². The summed E-state index contributed by atoms with van der Waals surface area (Å²) in [5.74, 6) is 0.649. The highest BCUT2D eigenvalue weighted by Gasteiger charge is 2.09. The number of carbonyl (C=O) groups excluding carboxylic acids is 1. The number of hydrogen-bond acceptors (Lipinski definition) is 4. The van der Waals surface area contributed by atoms with E-state index in [4.69, 9.17) is 17.3 Å². The first-order valence-electron chi connectivity index (χ1n) is 5.35. The Kier molecular flexibility index (Phi) is 4.28. The third kappa shape index (κ3) is 3.78. The molecule has 0 unspecified atom stereocenters. The van der Waals surface area contributed by atoms with Gasteiger partial charge in [-0.3, -0.25) is 4.79 Å². The Morgan fingerprint density at radius 2 is 2.22 bits per heavy atom. The molecule has 0 spiro atoms. The van der Waals surface area contributed by atoms with Crippen LogP contribution in [0.2, 0.25) is 5.02 Å². The molecule has 1 heterocycles. The molecule has 0 saturated heterocycles. The van der Waals surface area contributed by atoms with Crippen LogP contribution in [0.1, 0.15) is 6.42 Å². The van der Waals surface area contributed by atoms with Gasteiger partial charge in [0.05, 0.1) is 5.70 Å². The van der Waals surface area contributed by atoms with Crippen LogP contribution in [-0.2, 0) is 4.79 Å². The number of amides is 1. The molecular formula is C12H12ClN3OS. The minimum absolute atomic E-state index is 0.0875. The molecule has 1 aliphatic rings. The van der Waals surface area contributed by atoms with Gasteiger partial charge >= 0.3 is 0 Å². The molecule has 1 amide bonds. The number of aliphatic imine (C=N–C) groups is 1. The Balaban J connectivity index is 1.88. The van der Waals surface area contributed by atoms with Gasteiger partial charge in [0.25, 0.3) is 0 Å². The number of carbonyl (C=O) groups is 1. The van der Waals surface area contributed by atoms with Gasteiger partial charge in [-0.05, 0) is 24.3 Å². The van der Waals surface area contributed by atoms with Crippen LogP contribution in [0.25, 0.3) is 0 Å². The number of anilines is 1. The fourth-order valence-electron chi connectivity index (χ4n) is 1.41. The summed E-state index contributed by atoms with van der Waals surface area (Å²) in [4.78, 5) is 15.8. The third-order valence-electron chi connectivity index (χ3n) is 2.27. The van der Waals surface area contributed by atoms with Crippen molar-refractivity contribution in [1.29, 1.82) is 0 Å². The van der Waals surface area contributed by atoms with Crippen LogP contribution < -0.4 is 11.1 Å². The van der Waals surface area contributed by atoms with E-state index < -0.39 is 0 Å². The molecule has 1 aliphatic heterocycles. The lowest BCUT2D eigenvalue weighted by Crippen LogP contribution is -2.10. The second-order valence-electron chi connectivity index (χ2n) is 3.69. The average molecular weight is 282 g/mol. The summed E-state index contributed by atoms with van der Waals surface area (Å²) in [6.45, 7) is 0. The van der Waals surface area contributed by atoms with Crippen molar-refractivity contribution >= 4 is 40.1 Å². The highest BCUT2D eigenvalue weighted by Crippen LogP contribution is 2.18. The first kappa shape index (κ1) is 13.0. The summed E-state index contributed by atoms with van der Waals surface area (Å²) in [6.07, 6.45) is 2.08. The number of thioether (sulfide) groups is 1. The monoisotopic (exact) mass is 281 g/mol. The summed E-state index contributed by atoms with van der Waals surface area (Å²) in [5, 5.41) is 3.97. The number of halogens is 1. The summed E-state index contributed by atoms with van der Waals surface area (Å²) < 4.78 is 0.